The quantitative estimate of drug-likeness (QED) is 0.753. The van der Waals surface area contributed by atoms with Crippen molar-refractivity contribution in [2.45, 2.75) is 33.2 Å². The minimum atomic E-state index is -1.65. The Hall–Kier alpha value is -2.67. The van der Waals surface area contributed by atoms with Crippen LogP contribution in [0.4, 0.5) is 0 Å². The number of aromatic nitrogens is 2. The molecule has 2 heterocycles. The molecule has 0 saturated heterocycles. The summed E-state index contributed by atoms with van der Waals surface area (Å²) in [4.78, 5) is 41.0. The van der Waals surface area contributed by atoms with Gasteiger partial charge in [-0.3, -0.25) is 9.78 Å². The maximum absolute atomic E-state index is 13.1. The topological polar surface area (TPSA) is 92.2 Å². The Morgan fingerprint density at radius 3 is 2.32 bits per heavy atom. The van der Waals surface area contributed by atoms with Gasteiger partial charge in [0.05, 0.1) is 5.39 Å². The van der Waals surface area contributed by atoms with Gasteiger partial charge in [-0.15, -0.1) is 11.3 Å². The van der Waals surface area contributed by atoms with Crippen LogP contribution >= 0.6 is 11.3 Å². The van der Waals surface area contributed by atoms with E-state index in [0.717, 1.165) is 26.1 Å². The Balaban J connectivity index is 2.44. The van der Waals surface area contributed by atoms with E-state index in [4.69, 9.17) is 0 Å². The van der Waals surface area contributed by atoms with E-state index in [0.29, 0.717) is 10.2 Å². The Kier molecular flexibility index (Phi) is 3.91. The predicted molar refractivity (Wildman–Crippen MR) is 98.6 cm³/mol. The molecule has 0 spiro atoms. The van der Waals surface area contributed by atoms with Crippen molar-refractivity contribution < 1.29 is 9.90 Å². The third-order valence-electron chi connectivity index (χ3n) is 4.35. The van der Waals surface area contributed by atoms with Crippen LogP contribution in [0.25, 0.3) is 21.3 Å². The molecule has 0 bridgehead atoms. The molecule has 3 rings (SSSR count). The second kappa shape index (κ2) is 5.70. The molecule has 6 nitrogen and oxygen atoms in total. The van der Waals surface area contributed by atoms with Gasteiger partial charge in [0.1, 0.15) is 10.4 Å². The SMILES string of the molecule is Cc1ccc(-c2c(C)sc3[nH]c(=O)n(C(C)(C)C(=O)O)c(=O)c23)cc1. The number of rotatable bonds is 3. The molecule has 0 aliphatic heterocycles. The molecular formula is C18H18N2O4S. The molecule has 7 heteroatoms. The van der Waals surface area contributed by atoms with E-state index in [2.05, 4.69) is 4.98 Å². The lowest BCUT2D eigenvalue weighted by Crippen LogP contribution is -2.50. The van der Waals surface area contributed by atoms with Gasteiger partial charge in [0.15, 0.2) is 0 Å². The monoisotopic (exact) mass is 358 g/mol. The number of thiophene rings is 1. The van der Waals surface area contributed by atoms with E-state index in [1.54, 1.807) is 0 Å². The maximum atomic E-state index is 13.1. The Morgan fingerprint density at radius 2 is 1.76 bits per heavy atom. The number of nitrogens with zero attached hydrogens (tertiary/aromatic N) is 1. The highest BCUT2D eigenvalue weighted by molar-refractivity contribution is 7.19. The van der Waals surface area contributed by atoms with Crippen LogP contribution in [0.1, 0.15) is 24.3 Å². The van der Waals surface area contributed by atoms with Gasteiger partial charge in [-0.1, -0.05) is 29.8 Å². The standard InChI is InChI=1S/C18H18N2O4S/c1-9-5-7-11(8-6-9)12-10(2)25-14-13(12)15(21)20(17(24)19-14)18(3,4)16(22)23/h5-8H,1-4H3,(H,19,24)(H,22,23). The van der Waals surface area contributed by atoms with E-state index in [9.17, 15) is 19.5 Å². The van der Waals surface area contributed by atoms with E-state index >= 15 is 0 Å². The van der Waals surface area contributed by atoms with Gasteiger partial charge in [-0.05, 0) is 33.3 Å². The molecule has 0 saturated carbocycles. The van der Waals surface area contributed by atoms with Crippen LogP contribution in [0.15, 0.2) is 33.9 Å². The van der Waals surface area contributed by atoms with Gasteiger partial charge in [0, 0.05) is 10.4 Å². The molecule has 0 aliphatic rings. The molecule has 130 valence electrons. The number of fused-ring (bicyclic) bond motifs is 1. The minimum Gasteiger partial charge on any atom is -0.480 e. The lowest BCUT2D eigenvalue weighted by Gasteiger charge is -2.21. The molecule has 0 radical (unpaired) electrons. The summed E-state index contributed by atoms with van der Waals surface area (Å²) < 4.78 is 0.779. The maximum Gasteiger partial charge on any atom is 0.330 e. The van der Waals surface area contributed by atoms with Crippen molar-refractivity contribution in [3.8, 4) is 11.1 Å². The van der Waals surface area contributed by atoms with Crippen LogP contribution in [-0.2, 0) is 10.3 Å². The summed E-state index contributed by atoms with van der Waals surface area (Å²) in [5.74, 6) is -1.25. The third-order valence-corrected chi connectivity index (χ3v) is 5.37. The lowest BCUT2D eigenvalue weighted by molar-refractivity contribution is -0.146. The zero-order valence-corrected chi connectivity index (χ0v) is 15.2. The fourth-order valence-electron chi connectivity index (χ4n) is 2.87. The van der Waals surface area contributed by atoms with Crippen molar-refractivity contribution in [1.82, 2.24) is 9.55 Å². The second-order valence-corrected chi connectivity index (χ2v) is 7.76. The average Bonchev–Trinajstić information content (AvgIpc) is 2.84. The highest BCUT2D eigenvalue weighted by Gasteiger charge is 2.34. The van der Waals surface area contributed by atoms with Crippen molar-refractivity contribution in [3.63, 3.8) is 0 Å². The predicted octanol–water partition coefficient (Wildman–Crippen LogP) is 2.85. The average molecular weight is 358 g/mol. The van der Waals surface area contributed by atoms with Crippen LogP contribution in [0, 0.1) is 13.8 Å². The molecule has 1 aromatic carbocycles. The summed E-state index contributed by atoms with van der Waals surface area (Å²) in [6.45, 7) is 6.53. The molecular weight excluding hydrogens is 340 g/mol. The van der Waals surface area contributed by atoms with Crippen LogP contribution in [0.2, 0.25) is 0 Å². The summed E-state index contributed by atoms with van der Waals surface area (Å²) in [5.41, 5.74) is -0.278. The minimum absolute atomic E-state index is 0.347. The molecule has 2 aromatic heterocycles. The van der Waals surface area contributed by atoms with Crippen molar-refractivity contribution in [2.75, 3.05) is 0 Å². The number of carbonyl (C=O) groups is 1. The summed E-state index contributed by atoms with van der Waals surface area (Å²) in [6.07, 6.45) is 0. The number of carboxylic acid groups (broad SMARTS) is 1. The smallest absolute Gasteiger partial charge is 0.330 e. The molecule has 0 atom stereocenters. The molecule has 3 aromatic rings. The van der Waals surface area contributed by atoms with E-state index in [1.165, 1.54) is 25.2 Å². The molecule has 0 aliphatic carbocycles. The molecule has 2 N–H and O–H groups in total. The number of hydrogen-bond acceptors (Lipinski definition) is 4. The fourth-order valence-corrected chi connectivity index (χ4v) is 3.92. The van der Waals surface area contributed by atoms with Crippen LogP contribution in [0.5, 0.6) is 0 Å². The van der Waals surface area contributed by atoms with Gasteiger partial charge in [0.25, 0.3) is 5.56 Å². The second-order valence-electron chi connectivity index (χ2n) is 6.54. The van der Waals surface area contributed by atoms with Gasteiger partial charge in [-0.2, -0.15) is 0 Å². The van der Waals surface area contributed by atoms with Crippen LogP contribution < -0.4 is 11.2 Å². The van der Waals surface area contributed by atoms with Gasteiger partial charge < -0.3 is 5.11 Å². The van der Waals surface area contributed by atoms with Crippen LogP contribution in [0.3, 0.4) is 0 Å². The highest BCUT2D eigenvalue weighted by atomic mass is 32.1. The van der Waals surface area contributed by atoms with Crippen molar-refractivity contribution in [3.05, 3.63) is 55.5 Å². The van der Waals surface area contributed by atoms with Crippen LogP contribution in [-0.4, -0.2) is 20.6 Å². The largest absolute Gasteiger partial charge is 0.480 e. The number of hydrogen-bond donors (Lipinski definition) is 2. The summed E-state index contributed by atoms with van der Waals surface area (Å²) in [7, 11) is 0. The van der Waals surface area contributed by atoms with E-state index in [1.807, 2.05) is 38.1 Å². The molecule has 0 fully saturated rings. The molecule has 0 unspecified atom stereocenters. The normalized spacial score (nSPS) is 11.8. The number of aryl methyl sites for hydroxylation is 2. The first-order valence-electron chi connectivity index (χ1n) is 7.74. The number of aliphatic carboxylic acids is 1. The zero-order chi connectivity index (χ0) is 18.5. The summed E-state index contributed by atoms with van der Waals surface area (Å²) >= 11 is 1.32. The number of benzene rings is 1. The summed E-state index contributed by atoms with van der Waals surface area (Å²) in [6, 6.07) is 7.73. The number of nitrogens with one attached hydrogen (secondary N) is 1. The van der Waals surface area contributed by atoms with Gasteiger partial charge >= 0.3 is 11.7 Å². The Morgan fingerprint density at radius 1 is 1.16 bits per heavy atom. The number of H-pyrrole nitrogens is 1. The number of aromatic amines is 1. The molecule has 25 heavy (non-hydrogen) atoms. The first-order valence-corrected chi connectivity index (χ1v) is 8.55. The lowest BCUT2D eigenvalue weighted by atomic mass is 10.0. The third kappa shape index (κ3) is 2.60. The zero-order valence-electron chi connectivity index (χ0n) is 14.3. The fraction of sp³-hybridized carbons (Fsp3) is 0.278. The van der Waals surface area contributed by atoms with Crippen molar-refractivity contribution in [2.24, 2.45) is 0 Å². The van der Waals surface area contributed by atoms with Crippen molar-refractivity contribution >= 4 is 27.5 Å². The highest BCUT2D eigenvalue weighted by Crippen LogP contribution is 2.35. The Bertz CT molecular complexity index is 1100. The van der Waals surface area contributed by atoms with E-state index in [-0.39, 0.29) is 0 Å². The molecule has 0 amide bonds. The van der Waals surface area contributed by atoms with Gasteiger partial charge in [0.2, 0.25) is 0 Å². The number of carboxylic acids is 1. The first kappa shape index (κ1) is 17.2. The van der Waals surface area contributed by atoms with E-state index < -0.39 is 22.8 Å². The Labute approximate surface area is 147 Å². The van der Waals surface area contributed by atoms with Gasteiger partial charge in [-0.25, -0.2) is 14.2 Å². The summed E-state index contributed by atoms with van der Waals surface area (Å²) in [5, 5.41) is 9.78. The van der Waals surface area contributed by atoms with Crippen molar-refractivity contribution in [1.29, 1.82) is 0 Å². The first-order chi connectivity index (χ1) is 11.6.